The molecule has 0 aliphatic carbocycles. The molecule has 0 saturated heterocycles. The van der Waals surface area contributed by atoms with E-state index in [4.69, 9.17) is 4.74 Å². The number of hydrogen-bond donors (Lipinski definition) is 0. The molecule has 0 amide bonds. The van der Waals surface area contributed by atoms with Gasteiger partial charge in [0.25, 0.3) is 5.56 Å². The molecule has 0 bridgehead atoms. The Kier molecular flexibility index (Phi) is 5.91. The average molecular weight is 387 g/mol. The lowest BCUT2D eigenvalue weighted by atomic mass is 10.2. The number of halogens is 1. The van der Waals surface area contributed by atoms with Crippen molar-refractivity contribution >= 4 is 28.1 Å². The second kappa shape index (κ2) is 8.35. The van der Waals surface area contributed by atoms with E-state index in [0.717, 1.165) is 22.8 Å². The molecule has 27 heavy (non-hydrogen) atoms. The van der Waals surface area contributed by atoms with Crippen LogP contribution in [0.3, 0.4) is 0 Å². The van der Waals surface area contributed by atoms with Crippen LogP contribution in [0.5, 0.6) is 0 Å². The summed E-state index contributed by atoms with van der Waals surface area (Å²) in [6, 6.07) is 7.89. The van der Waals surface area contributed by atoms with Gasteiger partial charge in [-0.1, -0.05) is 0 Å². The number of fused-ring (bicyclic) bond motifs is 1. The normalized spacial score (nSPS) is 11.4. The van der Waals surface area contributed by atoms with Gasteiger partial charge in [0.2, 0.25) is 0 Å². The van der Waals surface area contributed by atoms with Crippen molar-refractivity contribution in [3.8, 4) is 0 Å². The number of thiazole rings is 1. The molecule has 7 heteroatoms. The maximum Gasteiger partial charge on any atom is 0.259 e. The van der Waals surface area contributed by atoms with E-state index >= 15 is 0 Å². The van der Waals surface area contributed by atoms with E-state index in [1.807, 2.05) is 25.7 Å². The maximum absolute atomic E-state index is 13.2. The van der Waals surface area contributed by atoms with Gasteiger partial charge >= 0.3 is 0 Å². The van der Waals surface area contributed by atoms with Gasteiger partial charge in [-0.05, 0) is 51.1 Å². The molecular weight excluding hydrogens is 365 g/mol. The molecule has 3 rings (SSSR count). The van der Waals surface area contributed by atoms with Crippen molar-refractivity contribution < 1.29 is 9.13 Å². The molecule has 142 valence electrons. The van der Waals surface area contributed by atoms with Gasteiger partial charge in [0, 0.05) is 23.2 Å². The molecule has 2 aromatic heterocycles. The molecule has 0 radical (unpaired) electrons. The van der Waals surface area contributed by atoms with Crippen LogP contribution in [0.1, 0.15) is 30.1 Å². The van der Waals surface area contributed by atoms with Crippen LogP contribution >= 0.6 is 11.3 Å². The Morgan fingerprint density at radius 3 is 2.70 bits per heavy atom. The zero-order chi connectivity index (χ0) is 19.4. The van der Waals surface area contributed by atoms with Crippen molar-refractivity contribution in [2.24, 2.45) is 0 Å². The first-order valence-corrected chi connectivity index (χ1v) is 9.65. The maximum atomic E-state index is 13.2. The molecule has 0 fully saturated rings. The molecule has 0 unspecified atom stereocenters. The molecular formula is C20H22FN3O2S. The van der Waals surface area contributed by atoms with Gasteiger partial charge in [-0.2, -0.15) is 0 Å². The lowest BCUT2D eigenvalue weighted by molar-refractivity contribution is 0.272. The molecule has 2 heterocycles. The number of rotatable bonds is 7. The predicted molar refractivity (Wildman–Crippen MR) is 108 cm³/mol. The minimum Gasteiger partial charge on any atom is -0.501 e. The van der Waals surface area contributed by atoms with E-state index in [0.29, 0.717) is 23.8 Å². The number of nitrogens with zero attached hydrogens (tertiary/aromatic N) is 3. The summed E-state index contributed by atoms with van der Waals surface area (Å²) in [6.45, 7) is 7.66. The predicted octanol–water partition coefficient (Wildman–Crippen LogP) is 4.24. The first-order chi connectivity index (χ1) is 13.0. The Morgan fingerprint density at radius 2 is 2.04 bits per heavy atom. The highest BCUT2D eigenvalue weighted by Crippen LogP contribution is 2.22. The number of hydrogen-bond acceptors (Lipinski definition) is 5. The molecule has 0 aliphatic heterocycles. The molecule has 0 saturated carbocycles. The van der Waals surface area contributed by atoms with Crippen molar-refractivity contribution in [1.29, 1.82) is 0 Å². The molecule has 0 aliphatic rings. The largest absolute Gasteiger partial charge is 0.501 e. The second-order valence-corrected chi connectivity index (χ2v) is 7.18. The number of aromatic nitrogens is 2. The SMILES string of the molecule is CCOC=Cc1c(C)sc2nc(CN(CC)c3ccc(F)cc3)cc(=O)n12. The summed E-state index contributed by atoms with van der Waals surface area (Å²) in [6.07, 6.45) is 3.39. The standard InChI is InChI=1S/C20H22FN3O2S/c1-4-23(17-8-6-15(21)7-9-17)13-16-12-19(25)24-18(10-11-26-5-2)14(3)27-20(24)22-16/h6-12H,4-5,13H2,1-3H3. The minimum absolute atomic E-state index is 0.120. The summed E-state index contributed by atoms with van der Waals surface area (Å²) in [4.78, 5) is 21.1. The highest BCUT2D eigenvalue weighted by atomic mass is 32.1. The summed E-state index contributed by atoms with van der Waals surface area (Å²) in [7, 11) is 0. The van der Waals surface area contributed by atoms with Gasteiger partial charge in [-0.25, -0.2) is 9.37 Å². The number of anilines is 1. The number of aryl methyl sites for hydroxylation is 1. The average Bonchev–Trinajstić information content (AvgIpc) is 2.96. The van der Waals surface area contributed by atoms with E-state index < -0.39 is 0 Å². The number of ether oxygens (including phenoxy) is 1. The summed E-state index contributed by atoms with van der Waals surface area (Å²) < 4.78 is 20.0. The molecule has 3 aromatic rings. The van der Waals surface area contributed by atoms with Crippen molar-refractivity contribution in [2.45, 2.75) is 27.3 Å². The van der Waals surface area contributed by atoms with Crippen LogP contribution in [0.15, 0.2) is 41.4 Å². The zero-order valence-corrected chi connectivity index (χ0v) is 16.4. The fourth-order valence-corrected chi connectivity index (χ4v) is 3.84. The third-order valence-corrected chi connectivity index (χ3v) is 5.17. The van der Waals surface area contributed by atoms with Crippen LogP contribution in [-0.4, -0.2) is 22.5 Å². The van der Waals surface area contributed by atoms with Crippen molar-refractivity contribution in [3.63, 3.8) is 0 Å². The monoisotopic (exact) mass is 387 g/mol. The Hall–Kier alpha value is -2.67. The lowest BCUT2D eigenvalue weighted by Crippen LogP contribution is -2.24. The Morgan fingerprint density at radius 1 is 1.30 bits per heavy atom. The van der Waals surface area contributed by atoms with Gasteiger partial charge in [0.1, 0.15) is 5.82 Å². The molecule has 0 spiro atoms. The topological polar surface area (TPSA) is 46.8 Å². The van der Waals surface area contributed by atoms with Crippen LogP contribution in [0.2, 0.25) is 0 Å². The van der Waals surface area contributed by atoms with E-state index in [9.17, 15) is 9.18 Å². The fourth-order valence-electron chi connectivity index (χ4n) is 2.86. The van der Waals surface area contributed by atoms with Crippen LogP contribution in [0.4, 0.5) is 10.1 Å². The second-order valence-electron chi connectivity index (χ2n) is 6.00. The van der Waals surface area contributed by atoms with Crippen LogP contribution < -0.4 is 10.5 Å². The molecule has 5 nitrogen and oxygen atoms in total. The van der Waals surface area contributed by atoms with Crippen LogP contribution in [-0.2, 0) is 11.3 Å². The smallest absolute Gasteiger partial charge is 0.259 e. The van der Waals surface area contributed by atoms with Gasteiger partial charge < -0.3 is 9.64 Å². The summed E-state index contributed by atoms with van der Waals surface area (Å²) >= 11 is 1.47. The van der Waals surface area contributed by atoms with Crippen LogP contribution in [0, 0.1) is 12.7 Å². The van der Waals surface area contributed by atoms with Gasteiger partial charge in [0.15, 0.2) is 4.96 Å². The Labute approximate surface area is 161 Å². The molecule has 1 aromatic carbocycles. The van der Waals surface area contributed by atoms with Crippen molar-refractivity contribution in [2.75, 3.05) is 18.1 Å². The third-order valence-electron chi connectivity index (χ3n) is 4.20. The lowest BCUT2D eigenvalue weighted by Gasteiger charge is -2.22. The van der Waals surface area contributed by atoms with E-state index in [1.165, 1.54) is 23.5 Å². The minimum atomic E-state index is -0.269. The summed E-state index contributed by atoms with van der Waals surface area (Å²) in [5.41, 5.74) is 2.25. The molecule has 0 N–H and O–H groups in total. The van der Waals surface area contributed by atoms with E-state index in [2.05, 4.69) is 4.98 Å². The Bertz CT molecular complexity index is 1010. The highest BCUT2D eigenvalue weighted by Gasteiger charge is 2.13. The van der Waals surface area contributed by atoms with Gasteiger partial charge in [-0.15, -0.1) is 11.3 Å². The van der Waals surface area contributed by atoms with E-state index in [1.54, 1.807) is 34.9 Å². The highest BCUT2D eigenvalue weighted by molar-refractivity contribution is 7.17. The van der Waals surface area contributed by atoms with Crippen LogP contribution in [0.25, 0.3) is 11.0 Å². The van der Waals surface area contributed by atoms with Crippen molar-refractivity contribution in [1.82, 2.24) is 9.38 Å². The van der Waals surface area contributed by atoms with Gasteiger partial charge in [-0.3, -0.25) is 9.20 Å². The summed E-state index contributed by atoms with van der Waals surface area (Å²) in [5, 5.41) is 0. The first-order valence-electron chi connectivity index (χ1n) is 8.84. The number of benzene rings is 1. The van der Waals surface area contributed by atoms with Crippen molar-refractivity contribution in [3.05, 3.63) is 69.0 Å². The quantitative estimate of drug-likeness (QED) is 0.569. The van der Waals surface area contributed by atoms with E-state index in [-0.39, 0.29) is 11.4 Å². The van der Waals surface area contributed by atoms with Gasteiger partial charge in [0.05, 0.1) is 30.8 Å². The third kappa shape index (κ3) is 4.19. The fraction of sp³-hybridized carbons (Fsp3) is 0.300. The Balaban J connectivity index is 1.94. The zero-order valence-electron chi connectivity index (χ0n) is 15.6. The first kappa shape index (κ1) is 19.1. The summed E-state index contributed by atoms with van der Waals surface area (Å²) in [5.74, 6) is -0.269. The molecule has 0 atom stereocenters.